The highest BCUT2D eigenvalue weighted by molar-refractivity contribution is 7.80. The van der Waals surface area contributed by atoms with Crippen molar-refractivity contribution >= 4 is 44.7 Å². The normalized spacial score (nSPS) is 17.9. The van der Waals surface area contributed by atoms with Gasteiger partial charge in [-0.1, -0.05) is 0 Å². The van der Waals surface area contributed by atoms with E-state index in [2.05, 4.69) is 15.1 Å². The third-order valence-electron chi connectivity index (χ3n) is 4.99. The maximum Gasteiger partial charge on any atom is 0.168 e. The summed E-state index contributed by atoms with van der Waals surface area (Å²) >= 11 is 7.25. The maximum absolute atomic E-state index is 5.37. The number of fused-ring (bicyclic) bond motifs is 3. The number of thiocarbonyl (C=S) groups is 1. The molecular formula is C17H23N5S2. The molecule has 2 aliphatic rings. The average Bonchev–Trinajstić information content (AvgIpc) is 2.98. The minimum absolute atomic E-state index is 0.839. The molecule has 128 valence electrons. The van der Waals surface area contributed by atoms with Crippen molar-refractivity contribution in [2.75, 3.05) is 38.1 Å². The molecule has 0 bridgehead atoms. The Bertz CT molecular complexity index is 777. The molecule has 0 aromatic carbocycles. The smallest absolute Gasteiger partial charge is 0.168 e. The van der Waals surface area contributed by atoms with Crippen LogP contribution in [-0.4, -0.2) is 53.2 Å². The number of nitrogens with one attached hydrogen (secondary N) is 1. The van der Waals surface area contributed by atoms with Gasteiger partial charge >= 0.3 is 0 Å². The minimum Gasteiger partial charge on any atom is -0.366 e. The summed E-state index contributed by atoms with van der Waals surface area (Å²) < 4.78 is 0. The summed E-state index contributed by atoms with van der Waals surface area (Å²) in [5, 5.41) is 5.24. The molecule has 0 unspecified atom stereocenters. The van der Waals surface area contributed by atoms with Crippen LogP contribution in [0, 0.1) is 6.92 Å². The monoisotopic (exact) mass is 361 g/mol. The van der Waals surface area contributed by atoms with Crippen molar-refractivity contribution in [2.45, 2.75) is 32.6 Å². The quantitative estimate of drug-likeness (QED) is 0.788. The first-order chi connectivity index (χ1) is 11.7. The Morgan fingerprint density at radius 1 is 1.12 bits per heavy atom. The molecule has 0 atom stereocenters. The van der Waals surface area contributed by atoms with Crippen LogP contribution in [0.15, 0.2) is 0 Å². The van der Waals surface area contributed by atoms with Crippen molar-refractivity contribution in [1.29, 1.82) is 0 Å². The summed E-state index contributed by atoms with van der Waals surface area (Å²) in [6, 6.07) is 0. The Morgan fingerprint density at radius 2 is 1.88 bits per heavy atom. The van der Waals surface area contributed by atoms with Gasteiger partial charge in [-0.3, -0.25) is 0 Å². The lowest BCUT2D eigenvalue weighted by Gasteiger charge is -2.37. The highest BCUT2D eigenvalue weighted by Gasteiger charge is 2.26. The fourth-order valence-electron chi connectivity index (χ4n) is 3.75. The predicted octanol–water partition coefficient (Wildman–Crippen LogP) is 2.50. The number of aryl methyl sites for hydroxylation is 3. The fraction of sp³-hybridized carbons (Fsp3) is 0.588. The number of aromatic nitrogens is 2. The van der Waals surface area contributed by atoms with Gasteiger partial charge in [0.2, 0.25) is 0 Å². The molecule has 5 nitrogen and oxygen atoms in total. The second-order valence-electron chi connectivity index (χ2n) is 6.51. The molecule has 0 saturated carbocycles. The van der Waals surface area contributed by atoms with Crippen LogP contribution >= 0.6 is 23.6 Å². The summed E-state index contributed by atoms with van der Waals surface area (Å²) in [5.74, 6) is 2.02. The van der Waals surface area contributed by atoms with Crippen molar-refractivity contribution in [3.63, 3.8) is 0 Å². The lowest BCUT2D eigenvalue weighted by molar-refractivity contribution is 0.382. The first-order valence-corrected chi connectivity index (χ1v) is 9.90. The van der Waals surface area contributed by atoms with Crippen LogP contribution in [0.4, 0.5) is 5.82 Å². The molecule has 2 aromatic rings. The van der Waals surface area contributed by atoms with E-state index in [1.54, 1.807) is 0 Å². The maximum atomic E-state index is 5.37. The molecule has 0 spiro atoms. The molecule has 3 heterocycles. The second-order valence-corrected chi connectivity index (χ2v) is 7.99. The molecule has 0 radical (unpaired) electrons. The van der Waals surface area contributed by atoms with E-state index < -0.39 is 0 Å². The molecule has 4 rings (SSSR count). The molecule has 1 aliphatic carbocycles. The molecule has 7 heteroatoms. The number of anilines is 1. The van der Waals surface area contributed by atoms with E-state index in [-0.39, 0.29) is 0 Å². The zero-order chi connectivity index (χ0) is 16.7. The fourth-order valence-corrected chi connectivity index (χ4v) is 5.23. The van der Waals surface area contributed by atoms with E-state index in [0.717, 1.165) is 42.9 Å². The van der Waals surface area contributed by atoms with Gasteiger partial charge in [-0.05, 0) is 50.4 Å². The van der Waals surface area contributed by atoms with Gasteiger partial charge in [0, 0.05) is 38.1 Å². The summed E-state index contributed by atoms with van der Waals surface area (Å²) in [5.41, 5.74) is 1.52. The van der Waals surface area contributed by atoms with Gasteiger partial charge in [0.25, 0.3) is 0 Å². The lowest BCUT2D eigenvalue weighted by Crippen LogP contribution is -2.51. The Balaban J connectivity index is 1.69. The van der Waals surface area contributed by atoms with Crippen molar-refractivity contribution in [2.24, 2.45) is 0 Å². The number of rotatable bonds is 1. The van der Waals surface area contributed by atoms with E-state index in [4.69, 9.17) is 22.2 Å². The highest BCUT2D eigenvalue weighted by atomic mass is 32.1. The Morgan fingerprint density at radius 3 is 2.62 bits per heavy atom. The summed E-state index contributed by atoms with van der Waals surface area (Å²) in [6.45, 7) is 5.80. The molecule has 1 saturated heterocycles. The van der Waals surface area contributed by atoms with Crippen molar-refractivity contribution in [3.05, 3.63) is 16.3 Å². The van der Waals surface area contributed by atoms with E-state index in [1.165, 1.54) is 46.3 Å². The van der Waals surface area contributed by atoms with Crippen LogP contribution in [0.3, 0.4) is 0 Å². The average molecular weight is 362 g/mol. The van der Waals surface area contributed by atoms with E-state index >= 15 is 0 Å². The number of thiophene rings is 1. The van der Waals surface area contributed by atoms with E-state index in [9.17, 15) is 0 Å². The standard InChI is InChI=1S/C17H23N5S2/c1-11-19-15(21-7-9-22(10-8-21)17(23)18-2)14-12-5-3-4-6-13(12)24-16(14)20-11/h3-10H2,1-2H3,(H,18,23). The van der Waals surface area contributed by atoms with Crippen LogP contribution in [0.25, 0.3) is 10.2 Å². The second kappa shape index (κ2) is 6.44. The number of hydrogen-bond acceptors (Lipinski definition) is 5. The first-order valence-electron chi connectivity index (χ1n) is 8.68. The van der Waals surface area contributed by atoms with Gasteiger partial charge in [0.05, 0.1) is 5.39 Å². The van der Waals surface area contributed by atoms with Gasteiger partial charge in [0.15, 0.2) is 5.11 Å². The third-order valence-corrected chi connectivity index (χ3v) is 6.64. The van der Waals surface area contributed by atoms with Crippen molar-refractivity contribution in [1.82, 2.24) is 20.2 Å². The molecule has 1 fully saturated rings. The molecule has 1 N–H and O–H groups in total. The summed E-state index contributed by atoms with van der Waals surface area (Å²) in [6.07, 6.45) is 4.98. The molecule has 0 amide bonds. The van der Waals surface area contributed by atoms with Gasteiger partial charge in [-0.15, -0.1) is 11.3 Å². The Hall–Kier alpha value is -1.47. The third kappa shape index (κ3) is 2.73. The van der Waals surface area contributed by atoms with Gasteiger partial charge in [-0.2, -0.15) is 0 Å². The molecule has 1 aliphatic heterocycles. The van der Waals surface area contributed by atoms with Crippen LogP contribution in [0.1, 0.15) is 29.1 Å². The van der Waals surface area contributed by atoms with Crippen LogP contribution in [0.2, 0.25) is 0 Å². The molecule has 2 aromatic heterocycles. The SMILES string of the molecule is CNC(=S)N1CCN(c2nc(C)nc3sc4c(c23)CCCC4)CC1. The van der Waals surface area contributed by atoms with E-state index in [0.29, 0.717) is 0 Å². The van der Waals surface area contributed by atoms with Gasteiger partial charge in [-0.25, -0.2) is 9.97 Å². The lowest BCUT2D eigenvalue weighted by atomic mass is 9.97. The van der Waals surface area contributed by atoms with Crippen LogP contribution in [0.5, 0.6) is 0 Å². The van der Waals surface area contributed by atoms with Crippen molar-refractivity contribution in [3.8, 4) is 0 Å². The minimum atomic E-state index is 0.839. The van der Waals surface area contributed by atoms with Crippen LogP contribution in [-0.2, 0) is 12.8 Å². The summed E-state index contributed by atoms with van der Waals surface area (Å²) in [4.78, 5) is 17.0. The topological polar surface area (TPSA) is 44.3 Å². The van der Waals surface area contributed by atoms with Crippen LogP contribution < -0.4 is 10.2 Å². The zero-order valence-electron chi connectivity index (χ0n) is 14.3. The zero-order valence-corrected chi connectivity index (χ0v) is 15.9. The Labute approximate surface area is 152 Å². The predicted molar refractivity (Wildman–Crippen MR) is 104 cm³/mol. The van der Waals surface area contributed by atoms with E-state index in [1.807, 2.05) is 25.3 Å². The highest BCUT2D eigenvalue weighted by Crippen LogP contribution is 2.39. The first kappa shape index (κ1) is 16.0. The number of piperazine rings is 1. The number of hydrogen-bond donors (Lipinski definition) is 1. The summed E-state index contributed by atoms with van der Waals surface area (Å²) in [7, 11) is 1.89. The molecular weight excluding hydrogens is 338 g/mol. The number of nitrogens with zero attached hydrogens (tertiary/aromatic N) is 4. The molecule has 24 heavy (non-hydrogen) atoms. The van der Waals surface area contributed by atoms with Gasteiger partial charge in [0.1, 0.15) is 16.5 Å². The Kier molecular flexibility index (Phi) is 4.30. The van der Waals surface area contributed by atoms with Crippen molar-refractivity contribution < 1.29 is 0 Å². The largest absolute Gasteiger partial charge is 0.366 e. The van der Waals surface area contributed by atoms with Gasteiger partial charge < -0.3 is 15.1 Å².